The SMILES string of the molecule is Cc1c(-c2cccc(-n3ncc4cc(C(C)(C)C)cc(F)c4c3=O)c2CO)n[nH]c(=O)c1Nc1ccc([C@@H]2CCN(C)C2)cn1. The van der Waals surface area contributed by atoms with Gasteiger partial charge in [-0.25, -0.2) is 14.5 Å². The summed E-state index contributed by atoms with van der Waals surface area (Å²) in [6.07, 6.45) is 4.38. The molecule has 6 rings (SSSR count). The Balaban J connectivity index is 1.39. The molecule has 0 bridgehead atoms. The summed E-state index contributed by atoms with van der Waals surface area (Å²) in [7, 11) is 2.11. The fourth-order valence-electron chi connectivity index (χ4n) is 6.00. The Morgan fingerprint density at radius 3 is 2.60 bits per heavy atom. The number of aromatic nitrogens is 5. The number of fused-ring (bicyclic) bond motifs is 1. The van der Waals surface area contributed by atoms with Gasteiger partial charge in [0.15, 0.2) is 0 Å². The van der Waals surface area contributed by atoms with Crippen LogP contribution in [0.3, 0.4) is 0 Å². The zero-order valence-electron chi connectivity index (χ0n) is 26.0. The first-order chi connectivity index (χ1) is 21.5. The van der Waals surface area contributed by atoms with E-state index in [4.69, 9.17) is 0 Å². The number of nitrogens with zero attached hydrogens (tertiary/aromatic N) is 5. The molecule has 1 aliphatic heterocycles. The molecule has 10 nitrogen and oxygen atoms in total. The van der Waals surface area contributed by atoms with E-state index in [9.17, 15) is 14.7 Å². The van der Waals surface area contributed by atoms with Crippen LogP contribution >= 0.6 is 0 Å². The second-order valence-electron chi connectivity index (χ2n) is 12.7. The van der Waals surface area contributed by atoms with E-state index in [2.05, 4.69) is 37.5 Å². The molecule has 11 heteroatoms. The molecule has 0 spiro atoms. The summed E-state index contributed by atoms with van der Waals surface area (Å²) >= 11 is 0. The van der Waals surface area contributed by atoms with E-state index in [1.807, 2.05) is 39.1 Å². The van der Waals surface area contributed by atoms with E-state index in [0.717, 1.165) is 35.3 Å². The fourth-order valence-corrected chi connectivity index (χ4v) is 6.00. The second kappa shape index (κ2) is 11.6. The number of rotatable bonds is 6. The fraction of sp³-hybridized carbons (Fsp3) is 0.324. The minimum absolute atomic E-state index is 0.0874. The number of anilines is 2. The highest BCUT2D eigenvalue weighted by atomic mass is 19.1. The molecule has 3 aromatic heterocycles. The summed E-state index contributed by atoms with van der Waals surface area (Å²) in [5, 5.41) is 25.2. The Morgan fingerprint density at radius 2 is 1.93 bits per heavy atom. The normalized spacial score (nSPS) is 15.6. The summed E-state index contributed by atoms with van der Waals surface area (Å²) in [6, 6.07) is 12.1. The molecule has 0 amide bonds. The Labute approximate surface area is 259 Å². The summed E-state index contributed by atoms with van der Waals surface area (Å²) in [4.78, 5) is 33.4. The van der Waals surface area contributed by atoms with E-state index < -0.39 is 23.5 Å². The number of H-pyrrole nitrogens is 1. The van der Waals surface area contributed by atoms with Gasteiger partial charge in [0.25, 0.3) is 11.1 Å². The van der Waals surface area contributed by atoms with Crippen molar-refractivity contribution in [3.8, 4) is 16.9 Å². The predicted octanol–water partition coefficient (Wildman–Crippen LogP) is 4.93. The molecule has 45 heavy (non-hydrogen) atoms. The zero-order chi connectivity index (χ0) is 32.0. The van der Waals surface area contributed by atoms with Crippen LogP contribution in [-0.2, 0) is 12.0 Å². The van der Waals surface area contributed by atoms with Crippen LogP contribution in [0.2, 0.25) is 0 Å². The van der Waals surface area contributed by atoms with Crippen LogP contribution in [0.5, 0.6) is 0 Å². The maximum absolute atomic E-state index is 15.3. The maximum atomic E-state index is 15.3. The molecular weight excluding hydrogens is 573 g/mol. The van der Waals surface area contributed by atoms with Crippen molar-refractivity contribution in [3.05, 3.63) is 104 Å². The number of halogens is 1. The molecule has 232 valence electrons. The third-order valence-corrected chi connectivity index (χ3v) is 8.63. The van der Waals surface area contributed by atoms with Crippen LogP contribution in [0.1, 0.15) is 55.4 Å². The van der Waals surface area contributed by atoms with Crippen LogP contribution in [0.4, 0.5) is 15.9 Å². The number of aliphatic hydroxyl groups is 1. The number of likely N-dealkylation sites (tertiary alicyclic amines) is 1. The van der Waals surface area contributed by atoms with Crippen molar-refractivity contribution in [2.75, 3.05) is 25.5 Å². The molecule has 3 N–H and O–H groups in total. The highest BCUT2D eigenvalue weighted by Gasteiger charge is 2.23. The van der Waals surface area contributed by atoms with E-state index in [-0.39, 0.29) is 22.2 Å². The van der Waals surface area contributed by atoms with E-state index in [1.54, 1.807) is 31.2 Å². The Kier molecular flexibility index (Phi) is 7.84. The Morgan fingerprint density at radius 1 is 1.13 bits per heavy atom. The van der Waals surface area contributed by atoms with Gasteiger partial charge >= 0.3 is 0 Å². The number of aliphatic hydroxyl groups excluding tert-OH is 1. The third-order valence-electron chi connectivity index (χ3n) is 8.63. The van der Waals surface area contributed by atoms with Gasteiger partial charge in [-0.3, -0.25) is 9.59 Å². The van der Waals surface area contributed by atoms with Gasteiger partial charge in [0.05, 0.1) is 29.6 Å². The average Bonchev–Trinajstić information content (AvgIpc) is 3.45. The summed E-state index contributed by atoms with van der Waals surface area (Å²) in [5.74, 6) is 0.308. The largest absolute Gasteiger partial charge is 0.392 e. The van der Waals surface area contributed by atoms with Gasteiger partial charge in [-0.15, -0.1) is 0 Å². The third kappa shape index (κ3) is 5.65. The van der Waals surface area contributed by atoms with Crippen molar-refractivity contribution in [1.82, 2.24) is 29.9 Å². The number of aromatic amines is 1. The molecule has 0 aliphatic carbocycles. The molecule has 1 aliphatic rings. The second-order valence-corrected chi connectivity index (χ2v) is 12.7. The first-order valence-corrected chi connectivity index (χ1v) is 14.9. The van der Waals surface area contributed by atoms with Gasteiger partial charge in [-0.1, -0.05) is 39.0 Å². The lowest BCUT2D eigenvalue weighted by atomic mass is 9.86. The molecule has 1 saturated heterocycles. The smallest absolute Gasteiger partial charge is 0.288 e. The summed E-state index contributed by atoms with van der Waals surface area (Å²) in [5.41, 5.74) is 2.78. The highest BCUT2D eigenvalue weighted by Crippen LogP contribution is 2.32. The van der Waals surface area contributed by atoms with Gasteiger partial charge < -0.3 is 15.3 Å². The van der Waals surface area contributed by atoms with Crippen molar-refractivity contribution in [1.29, 1.82) is 0 Å². The lowest BCUT2D eigenvalue weighted by Gasteiger charge is -2.20. The van der Waals surface area contributed by atoms with Crippen LogP contribution in [0, 0.1) is 12.7 Å². The Bertz CT molecular complexity index is 2030. The van der Waals surface area contributed by atoms with Crippen molar-refractivity contribution < 1.29 is 9.50 Å². The van der Waals surface area contributed by atoms with Crippen molar-refractivity contribution >= 4 is 22.3 Å². The van der Waals surface area contributed by atoms with E-state index in [1.165, 1.54) is 12.3 Å². The minimum atomic E-state index is -0.649. The number of nitrogens with one attached hydrogen (secondary N) is 2. The number of hydrogen-bond donors (Lipinski definition) is 3. The molecule has 4 heterocycles. The van der Waals surface area contributed by atoms with Crippen molar-refractivity contribution in [2.24, 2.45) is 0 Å². The molecule has 5 aromatic rings. The van der Waals surface area contributed by atoms with E-state index in [0.29, 0.717) is 39.5 Å². The molecule has 1 fully saturated rings. The first-order valence-electron chi connectivity index (χ1n) is 14.9. The van der Waals surface area contributed by atoms with Gasteiger partial charge in [-0.2, -0.15) is 14.9 Å². The number of likely N-dealkylation sites (N-methyl/N-ethyl adjacent to an activating group) is 1. The standard InChI is InChI=1S/C34H36FN7O3/c1-19-30(39-40-32(44)31(19)38-28-10-9-20(15-36-28)21-11-12-41(5)17-21)24-7-6-8-27(25(24)18-43)42-33(45)29-22(16-37-42)13-23(14-26(29)35)34(2,3)4/h6-10,13-16,21,43H,11-12,17-18H2,1-5H3,(H,40,44)(H,36,38,39)/t21-/m1/s1. The van der Waals surface area contributed by atoms with Gasteiger partial charge in [0.2, 0.25) is 0 Å². The van der Waals surface area contributed by atoms with Crippen LogP contribution < -0.4 is 16.4 Å². The lowest BCUT2D eigenvalue weighted by Crippen LogP contribution is -2.24. The average molecular weight is 610 g/mol. The van der Waals surface area contributed by atoms with Crippen LogP contribution in [0.25, 0.3) is 27.7 Å². The van der Waals surface area contributed by atoms with E-state index >= 15 is 4.39 Å². The van der Waals surface area contributed by atoms with Crippen molar-refractivity contribution in [3.63, 3.8) is 0 Å². The van der Waals surface area contributed by atoms with Gasteiger partial charge in [-0.05, 0) is 73.7 Å². The number of hydrogen-bond acceptors (Lipinski definition) is 8. The maximum Gasteiger partial charge on any atom is 0.288 e. The minimum Gasteiger partial charge on any atom is -0.392 e. The highest BCUT2D eigenvalue weighted by molar-refractivity contribution is 5.83. The van der Waals surface area contributed by atoms with Gasteiger partial charge in [0, 0.05) is 34.8 Å². The first kappa shape index (κ1) is 30.3. The van der Waals surface area contributed by atoms with Crippen LogP contribution in [0.15, 0.2) is 64.4 Å². The molecule has 1 atom stereocenters. The van der Waals surface area contributed by atoms with Crippen LogP contribution in [-0.4, -0.2) is 55.1 Å². The lowest BCUT2D eigenvalue weighted by molar-refractivity contribution is 0.281. The summed E-state index contributed by atoms with van der Waals surface area (Å²) < 4.78 is 16.4. The molecule has 0 saturated carbocycles. The quantitative estimate of drug-likeness (QED) is 0.247. The summed E-state index contributed by atoms with van der Waals surface area (Å²) in [6.45, 7) is 9.23. The molecule has 0 unspecified atom stereocenters. The monoisotopic (exact) mass is 609 g/mol. The van der Waals surface area contributed by atoms with Gasteiger partial charge in [0.1, 0.15) is 17.3 Å². The Hall–Kier alpha value is -4.74. The topological polar surface area (TPSA) is 129 Å². The molecule has 0 radical (unpaired) electrons. The van der Waals surface area contributed by atoms with Crippen molar-refractivity contribution in [2.45, 2.75) is 52.1 Å². The number of pyridine rings is 1. The molecular formula is C34H36FN7O3. The predicted molar refractivity (Wildman–Crippen MR) is 173 cm³/mol. The number of benzene rings is 2. The zero-order valence-corrected chi connectivity index (χ0v) is 26.0. The molecule has 2 aromatic carbocycles.